The minimum absolute atomic E-state index is 0.153. The zero-order valence-electron chi connectivity index (χ0n) is 17.1. The molecule has 0 saturated carbocycles. The summed E-state index contributed by atoms with van der Waals surface area (Å²) in [5.74, 6) is -1.71. The molecule has 2 amide bonds. The van der Waals surface area contributed by atoms with Gasteiger partial charge in [0.15, 0.2) is 11.9 Å². The summed E-state index contributed by atoms with van der Waals surface area (Å²) < 4.78 is 18.3. The van der Waals surface area contributed by atoms with Crippen molar-refractivity contribution in [1.82, 2.24) is 10.6 Å². The average Bonchev–Trinajstić information content (AvgIpc) is 2.76. The van der Waals surface area contributed by atoms with Crippen LogP contribution < -0.4 is 10.6 Å². The summed E-state index contributed by atoms with van der Waals surface area (Å²) in [5, 5.41) is 5.14. The summed E-state index contributed by atoms with van der Waals surface area (Å²) in [7, 11) is 0. The van der Waals surface area contributed by atoms with Crippen molar-refractivity contribution in [1.29, 1.82) is 0 Å². The van der Waals surface area contributed by atoms with Gasteiger partial charge in [0.2, 0.25) is 0 Å². The summed E-state index contributed by atoms with van der Waals surface area (Å²) in [5.41, 5.74) is 1.67. The first kappa shape index (κ1) is 23.1. The SMILES string of the molecule is CC(C)[C@H](OC(=O)NCc1ccccc1)C(=O)NC(Cc1ccccc1)C(=O)CF. The predicted octanol–water partition coefficient (Wildman–Crippen LogP) is 3.20. The summed E-state index contributed by atoms with van der Waals surface area (Å²) in [6.07, 6.45) is -1.71. The normalized spacial score (nSPS) is 12.7. The number of ketones is 1. The molecule has 6 nitrogen and oxygen atoms in total. The van der Waals surface area contributed by atoms with E-state index in [1.54, 1.807) is 38.1 Å². The van der Waals surface area contributed by atoms with Crippen LogP contribution in [0.3, 0.4) is 0 Å². The highest BCUT2D eigenvalue weighted by atomic mass is 19.1. The molecular weight excluding hydrogens is 387 g/mol. The molecule has 0 heterocycles. The maximum atomic E-state index is 13.0. The van der Waals surface area contributed by atoms with Crippen molar-refractivity contribution in [3.05, 3.63) is 71.8 Å². The van der Waals surface area contributed by atoms with Crippen molar-refractivity contribution in [3.63, 3.8) is 0 Å². The molecule has 160 valence electrons. The number of Topliss-reactive ketones (excluding diaryl/α,β-unsaturated/α-hetero) is 1. The number of alkyl carbamates (subject to hydrolysis) is 1. The number of rotatable bonds is 10. The zero-order chi connectivity index (χ0) is 21.9. The van der Waals surface area contributed by atoms with E-state index in [0.29, 0.717) is 0 Å². The van der Waals surface area contributed by atoms with E-state index in [9.17, 15) is 18.8 Å². The second-order valence-electron chi connectivity index (χ2n) is 7.26. The number of ether oxygens (including phenoxy) is 1. The minimum atomic E-state index is -1.19. The first-order chi connectivity index (χ1) is 14.4. The van der Waals surface area contributed by atoms with Crippen LogP contribution in [0.4, 0.5) is 9.18 Å². The van der Waals surface area contributed by atoms with Crippen molar-refractivity contribution in [2.75, 3.05) is 6.67 Å². The summed E-state index contributed by atoms with van der Waals surface area (Å²) >= 11 is 0. The Morgan fingerprint density at radius 2 is 1.50 bits per heavy atom. The number of nitrogens with one attached hydrogen (secondary N) is 2. The Kier molecular flexibility index (Phi) is 9.00. The van der Waals surface area contributed by atoms with Crippen LogP contribution in [0.2, 0.25) is 0 Å². The van der Waals surface area contributed by atoms with E-state index in [2.05, 4.69) is 10.6 Å². The Bertz CT molecular complexity index is 828. The number of carbonyl (C=O) groups is 3. The molecule has 0 aliphatic heterocycles. The van der Waals surface area contributed by atoms with Gasteiger partial charge in [-0.1, -0.05) is 74.5 Å². The van der Waals surface area contributed by atoms with Crippen LogP contribution in [0.15, 0.2) is 60.7 Å². The smallest absolute Gasteiger partial charge is 0.408 e. The van der Waals surface area contributed by atoms with Gasteiger partial charge in [-0.3, -0.25) is 9.59 Å². The lowest BCUT2D eigenvalue weighted by molar-refractivity contribution is -0.135. The first-order valence-corrected chi connectivity index (χ1v) is 9.82. The van der Waals surface area contributed by atoms with Crippen LogP contribution in [0.25, 0.3) is 0 Å². The molecule has 0 radical (unpaired) electrons. The van der Waals surface area contributed by atoms with E-state index < -0.39 is 36.6 Å². The Hall–Kier alpha value is -3.22. The van der Waals surface area contributed by atoms with E-state index in [1.807, 2.05) is 36.4 Å². The molecular formula is C23H27FN2O4. The molecule has 2 aromatic carbocycles. The standard InChI is InChI=1S/C23H27FN2O4/c1-16(2)21(30-23(29)25-15-18-11-7-4-8-12-18)22(28)26-19(20(27)14-24)13-17-9-5-3-6-10-17/h3-12,16,19,21H,13-15H2,1-2H3,(H,25,29)(H,26,28)/t19?,21-/m0/s1. The fourth-order valence-electron chi connectivity index (χ4n) is 2.86. The van der Waals surface area contributed by atoms with Gasteiger partial charge in [0.1, 0.15) is 6.67 Å². The average molecular weight is 414 g/mol. The van der Waals surface area contributed by atoms with Gasteiger partial charge in [-0.2, -0.15) is 0 Å². The molecule has 0 saturated heterocycles. The highest BCUT2D eigenvalue weighted by Gasteiger charge is 2.30. The molecule has 30 heavy (non-hydrogen) atoms. The molecule has 0 aliphatic carbocycles. The molecule has 0 aliphatic rings. The van der Waals surface area contributed by atoms with Gasteiger partial charge in [0.05, 0.1) is 6.04 Å². The number of hydrogen-bond acceptors (Lipinski definition) is 4. The fraction of sp³-hybridized carbons (Fsp3) is 0.348. The van der Waals surface area contributed by atoms with Crippen molar-refractivity contribution >= 4 is 17.8 Å². The Balaban J connectivity index is 1.99. The topological polar surface area (TPSA) is 84.5 Å². The quantitative estimate of drug-likeness (QED) is 0.625. The van der Waals surface area contributed by atoms with Crippen LogP contribution in [0, 0.1) is 5.92 Å². The summed E-state index contributed by atoms with van der Waals surface area (Å²) in [6.45, 7) is 2.50. The van der Waals surface area contributed by atoms with Crippen LogP contribution in [0.1, 0.15) is 25.0 Å². The van der Waals surface area contributed by atoms with Gasteiger partial charge < -0.3 is 15.4 Å². The van der Waals surface area contributed by atoms with E-state index in [1.165, 1.54) is 0 Å². The third kappa shape index (κ3) is 7.31. The molecule has 0 bridgehead atoms. The van der Waals surface area contributed by atoms with Crippen LogP contribution in [-0.2, 0) is 27.3 Å². The van der Waals surface area contributed by atoms with Crippen molar-refractivity contribution in [3.8, 4) is 0 Å². The molecule has 2 atom stereocenters. The largest absolute Gasteiger partial charge is 0.436 e. The van der Waals surface area contributed by atoms with E-state index >= 15 is 0 Å². The van der Waals surface area contributed by atoms with Crippen LogP contribution in [-0.4, -0.2) is 36.6 Å². The Morgan fingerprint density at radius 1 is 0.933 bits per heavy atom. The Labute approximate surface area is 175 Å². The first-order valence-electron chi connectivity index (χ1n) is 9.82. The van der Waals surface area contributed by atoms with Gasteiger partial charge in [0, 0.05) is 6.54 Å². The second kappa shape index (κ2) is 11.7. The number of hydrogen-bond donors (Lipinski definition) is 2. The molecule has 0 aromatic heterocycles. The third-order valence-corrected chi connectivity index (χ3v) is 4.50. The lowest BCUT2D eigenvalue weighted by Gasteiger charge is -2.24. The molecule has 2 N–H and O–H groups in total. The zero-order valence-corrected chi connectivity index (χ0v) is 17.1. The highest BCUT2D eigenvalue weighted by Crippen LogP contribution is 2.10. The molecule has 0 fully saturated rings. The monoisotopic (exact) mass is 414 g/mol. The lowest BCUT2D eigenvalue weighted by Crippen LogP contribution is -2.50. The highest BCUT2D eigenvalue weighted by molar-refractivity contribution is 5.92. The van der Waals surface area contributed by atoms with Crippen molar-refractivity contribution in [2.24, 2.45) is 5.92 Å². The number of carbonyl (C=O) groups excluding carboxylic acids is 3. The molecule has 1 unspecified atom stereocenters. The number of amides is 2. The molecule has 0 spiro atoms. The van der Waals surface area contributed by atoms with Gasteiger partial charge in [-0.15, -0.1) is 0 Å². The number of halogens is 1. The number of benzene rings is 2. The summed E-state index contributed by atoms with van der Waals surface area (Å²) in [4.78, 5) is 36.9. The lowest BCUT2D eigenvalue weighted by atomic mass is 10.0. The van der Waals surface area contributed by atoms with E-state index in [-0.39, 0.29) is 18.9 Å². The van der Waals surface area contributed by atoms with E-state index in [4.69, 9.17) is 4.74 Å². The van der Waals surface area contributed by atoms with Crippen molar-refractivity contribution in [2.45, 2.75) is 39.0 Å². The van der Waals surface area contributed by atoms with Crippen LogP contribution in [0.5, 0.6) is 0 Å². The van der Waals surface area contributed by atoms with Gasteiger partial charge in [0.25, 0.3) is 5.91 Å². The second-order valence-corrected chi connectivity index (χ2v) is 7.26. The Morgan fingerprint density at radius 3 is 2.03 bits per heavy atom. The van der Waals surface area contributed by atoms with E-state index in [0.717, 1.165) is 11.1 Å². The molecule has 2 rings (SSSR count). The minimum Gasteiger partial charge on any atom is -0.436 e. The van der Waals surface area contributed by atoms with Gasteiger partial charge in [-0.05, 0) is 23.5 Å². The predicted molar refractivity (Wildman–Crippen MR) is 111 cm³/mol. The molecule has 2 aromatic rings. The third-order valence-electron chi connectivity index (χ3n) is 4.50. The summed E-state index contributed by atoms with van der Waals surface area (Å²) in [6, 6.07) is 17.2. The number of alkyl halides is 1. The maximum absolute atomic E-state index is 13.0. The van der Waals surface area contributed by atoms with Crippen LogP contribution >= 0.6 is 0 Å². The van der Waals surface area contributed by atoms with Gasteiger partial charge in [-0.25, -0.2) is 9.18 Å². The van der Waals surface area contributed by atoms with Crippen molar-refractivity contribution < 1.29 is 23.5 Å². The van der Waals surface area contributed by atoms with Gasteiger partial charge >= 0.3 is 6.09 Å². The molecule has 7 heteroatoms. The fourth-order valence-corrected chi connectivity index (χ4v) is 2.86. The maximum Gasteiger partial charge on any atom is 0.408 e.